The number of nitrogen functional groups attached to an aromatic ring is 1. The fourth-order valence-electron chi connectivity index (χ4n) is 1.61. The zero-order valence-electron chi connectivity index (χ0n) is 10.4. The molecule has 104 valence electrons. The van der Waals surface area contributed by atoms with Gasteiger partial charge in [-0.15, -0.1) is 0 Å². The predicted molar refractivity (Wildman–Crippen MR) is 78.7 cm³/mol. The molecule has 0 atom stereocenters. The summed E-state index contributed by atoms with van der Waals surface area (Å²) in [5.74, 6) is 5.43. The Morgan fingerprint density at radius 1 is 1.30 bits per heavy atom. The molecule has 8 nitrogen and oxygen atoms in total. The van der Waals surface area contributed by atoms with Crippen LogP contribution in [-0.4, -0.2) is 14.9 Å². The zero-order chi connectivity index (χ0) is 14.7. The van der Waals surface area contributed by atoms with E-state index < -0.39 is 4.92 Å². The first-order valence-corrected chi connectivity index (χ1v) is 6.33. The van der Waals surface area contributed by atoms with Crippen LogP contribution in [0.3, 0.4) is 0 Å². The lowest BCUT2D eigenvalue weighted by Crippen LogP contribution is -2.13. The third kappa shape index (κ3) is 3.00. The topological polar surface area (TPSA) is 119 Å². The summed E-state index contributed by atoms with van der Waals surface area (Å²) in [6, 6.07) is 7.15. The van der Waals surface area contributed by atoms with Gasteiger partial charge < -0.3 is 5.32 Å². The molecule has 0 aliphatic carbocycles. The van der Waals surface area contributed by atoms with Crippen LogP contribution in [0.4, 0.5) is 23.1 Å². The van der Waals surface area contributed by atoms with Crippen molar-refractivity contribution in [3.8, 4) is 0 Å². The van der Waals surface area contributed by atoms with Crippen molar-refractivity contribution in [2.75, 3.05) is 10.7 Å². The van der Waals surface area contributed by atoms with Crippen LogP contribution in [0.15, 0.2) is 28.7 Å². The molecule has 1 aromatic carbocycles. The Bertz CT molecular complexity index is 646. The molecule has 0 spiro atoms. The summed E-state index contributed by atoms with van der Waals surface area (Å²) in [6.07, 6.45) is 0. The first-order chi connectivity index (χ1) is 9.51. The normalized spacial score (nSPS) is 10.2. The van der Waals surface area contributed by atoms with E-state index >= 15 is 0 Å². The van der Waals surface area contributed by atoms with Crippen LogP contribution < -0.4 is 16.6 Å². The van der Waals surface area contributed by atoms with Crippen molar-refractivity contribution in [2.24, 2.45) is 5.84 Å². The highest BCUT2D eigenvalue weighted by Crippen LogP contribution is 2.29. The summed E-state index contributed by atoms with van der Waals surface area (Å²) in [6.45, 7) is 1.52. The van der Waals surface area contributed by atoms with Crippen LogP contribution in [0.1, 0.15) is 5.69 Å². The maximum Gasteiger partial charge on any atom is 0.332 e. The number of nitrogens with two attached hydrogens (primary N) is 1. The fraction of sp³-hybridized carbons (Fsp3) is 0.0909. The lowest BCUT2D eigenvalue weighted by molar-refractivity contribution is -0.385. The maximum atomic E-state index is 11.1. The molecule has 1 aromatic heterocycles. The lowest BCUT2D eigenvalue weighted by atomic mass is 10.3. The second kappa shape index (κ2) is 5.80. The van der Waals surface area contributed by atoms with Gasteiger partial charge in [0.1, 0.15) is 5.69 Å². The van der Waals surface area contributed by atoms with Crippen molar-refractivity contribution in [1.82, 2.24) is 9.97 Å². The van der Waals surface area contributed by atoms with Crippen LogP contribution in [0.25, 0.3) is 0 Å². The molecule has 0 bridgehead atoms. The number of rotatable bonds is 4. The number of anilines is 3. The van der Waals surface area contributed by atoms with E-state index in [0.717, 1.165) is 4.47 Å². The second-order valence-corrected chi connectivity index (χ2v) is 4.78. The van der Waals surface area contributed by atoms with Crippen molar-refractivity contribution < 1.29 is 4.92 Å². The Balaban J connectivity index is 2.45. The quantitative estimate of drug-likeness (QED) is 0.445. The lowest BCUT2D eigenvalue weighted by Gasteiger charge is -2.09. The van der Waals surface area contributed by atoms with Gasteiger partial charge in [-0.3, -0.25) is 15.5 Å². The van der Waals surface area contributed by atoms with Crippen molar-refractivity contribution in [3.05, 3.63) is 44.5 Å². The molecule has 9 heteroatoms. The summed E-state index contributed by atoms with van der Waals surface area (Å²) in [4.78, 5) is 18.5. The van der Waals surface area contributed by atoms with E-state index in [-0.39, 0.29) is 23.1 Å². The smallest absolute Gasteiger partial charge is 0.332 e. The highest BCUT2D eigenvalue weighted by Gasteiger charge is 2.22. The number of nitro groups is 1. The number of aromatic nitrogens is 2. The summed E-state index contributed by atoms with van der Waals surface area (Å²) < 4.78 is 0.903. The monoisotopic (exact) mass is 338 g/mol. The van der Waals surface area contributed by atoms with E-state index in [2.05, 4.69) is 36.6 Å². The number of aryl methyl sites for hydroxylation is 1. The molecule has 1 heterocycles. The summed E-state index contributed by atoms with van der Waals surface area (Å²) in [5.41, 5.74) is 2.97. The number of hydrazine groups is 1. The highest BCUT2D eigenvalue weighted by molar-refractivity contribution is 9.10. The molecule has 0 fully saturated rings. The Morgan fingerprint density at radius 3 is 2.50 bits per heavy atom. The van der Waals surface area contributed by atoms with Gasteiger partial charge in [-0.05, 0) is 31.2 Å². The fourth-order valence-corrected chi connectivity index (χ4v) is 1.87. The first-order valence-electron chi connectivity index (χ1n) is 5.53. The number of halogens is 1. The number of nitrogens with zero attached hydrogens (tertiary/aromatic N) is 3. The molecule has 0 saturated heterocycles. The predicted octanol–water partition coefficient (Wildman–Crippen LogP) is 2.48. The minimum Gasteiger partial charge on any atom is -0.334 e. The molecule has 20 heavy (non-hydrogen) atoms. The Hall–Kier alpha value is -2.26. The van der Waals surface area contributed by atoms with Gasteiger partial charge in [0.2, 0.25) is 11.8 Å². The summed E-state index contributed by atoms with van der Waals surface area (Å²) in [7, 11) is 0. The van der Waals surface area contributed by atoms with Gasteiger partial charge in [0.15, 0.2) is 0 Å². The van der Waals surface area contributed by atoms with Gasteiger partial charge in [-0.25, -0.2) is 10.8 Å². The van der Waals surface area contributed by atoms with E-state index in [1.165, 1.54) is 6.92 Å². The molecule has 4 N–H and O–H groups in total. The van der Waals surface area contributed by atoms with E-state index in [1.807, 2.05) is 12.1 Å². The van der Waals surface area contributed by atoms with Crippen molar-refractivity contribution >= 4 is 39.1 Å². The molecule has 0 radical (unpaired) electrons. The van der Waals surface area contributed by atoms with Gasteiger partial charge in [-0.1, -0.05) is 15.9 Å². The van der Waals surface area contributed by atoms with Gasteiger partial charge in [0.25, 0.3) is 0 Å². The average Bonchev–Trinajstić information content (AvgIpc) is 2.40. The number of hydrogen-bond donors (Lipinski definition) is 3. The molecule has 0 aliphatic rings. The molecule has 2 rings (SSSR count). The van der Waals surface area contributed by atoms with E-state index in [4.69, 9.17) is 5.84 Å². The molecule has 2 aromatic rings. The van der Waals surface area contributed by atoms with Gasteiger partial charge in [0, 0.05) is 10.2 Å². The van der Waals surface area contributed by atoms with Gasteiger partial charge in [0.05, 0.1) is 4.92 Å². The van der Waals surface area contributed by atoms with Crippen LogP contribution in [0.2, 0.25) is 0 Å². The van der Waals surface area contributed by atoms with Crippen LogP contribution in [-0.2, 0) is 0 Å². The molecule has 0 unspecified atom stereocenters. The van der Waals surface area contributed by atoms with E-state index in [9.17, 15) is 10.1 Å². The van der Waals surface area contributed by atoms with Crippen LogP contribution >= 0.6 is 15.9 Å². The summed E-state index contributed by atoms with van der Waals surface area (Å²) in [5, 5.41) is 14.0. The van der Waals surface area contributed by atoms with Crippen molar-refractivity contribution in [3.63, 3.8) is 0 Å². The molecular formula is C11H11BrN6O2. The molecule has 0 aliphatic heterocycles. The molecule has 0 amide bonds. The standard InChI is InChI=1S/C11H11BrN6O2/c1-6-9(18(19)20)10(16-11(14-6)17-13)15-8-4-2-7(12)3-5-8/h2-5H,13H2,1H3,(H2,14,15,16,17). The number of nitrogens with one attached hydrogen (secondary N) is 2. The summed E-state index contributed by atoms with van der Waals surface area (Å²) >= 11 is 3.31. The second-order valence-electron chi connectivity index (χ2n) is 3.86. The minimum atomic E-state index is -0.531. The van der Waals surface area contributed by atoms with Crippen LogP contribution in [0.5, 0.6) is 0 Å². The largest absolute Gasteiger partial charge is 0.334 e. The molecular weight excluding hydrogens is 328 g/mol. The Kier molecular flexibility index (Phi) is 4.11. The third-order valence-corrected chi connectivity index (χ3v) is 3.01. The third-order valence-electron chi connectivity index (χ3n) is 2.48. The molecule has 0 saturated carbocycles. The van der Waals surface area contributed by atoms with Crippen molar-refractivity contribution in [2.45, 2.75) is 6.92 Å². The zero-order valence-corrected chi connectivity index (χ0v) is 12.0. The SMILES string of the molecule is Cc1nc(NN)nc(Nc2ccc(Br)cc2)c1[N+](=O)[O-]. The number of hydrogen-bond acceptors (Lipinski definition) is 7. The average molecular weight is 339 g/mol. The first kappa shape index (κ1) is 14.2. The van der Waals surface area contributed by atoms with E-state index in [1.54, 1.807) is 12.1 Å². The maximum absolute atomic E-state index is 11.1. The van der Waals surface area contributed by atoms with Crippen LogP contribution in [0, 0.1) is 17.0 Å². The van der Waals surface area contributed by atoms with Crippen molar-refractivity contribution in [1.29, 1.82) is 0 Å². The Morgan fingerprint density at radius 2 is 1.95 bits per heavy atom. The number of benzene rings is 1. The van der Waals surface area contributed by atoms with Gasteiger partial charge >= 0.3 is 5.69 Å². The highest BCUT2D eigenvalue weighted by atomic mass is 79.9. The minimum absolute atomic E-state index is 0.0813. The van der Waals surface area contributed by atoms with Gasteiger partial charge in [-0.2, -0.15) is 4.98 Å². The van der Waals surface area contributed by atoms with E-state index in [0.29, 0.717) is 5.69 Å². The Labute approximate surface area is 122 Å².